The molecule has 4 rings (SSSR count). The summed E-state index contributed by atoms with van der Waals surface area (Å²) in [7, 11) is 1.68. The number of nitrogens with zero attached hydrogens (tertiary/aromatic N) is 5. The van der Waals surface area contributed by atoms with Crippen molar-refractivity contribution >= 4 is 22.5 Å². The van der Waals surface area contributed by atoms with Crippen molar-refractivity contribution in [3.8, 4) is 11.5 Å². The molecule has 0 saturated carbocycles. The van der Waals surface area contributed by atoms with E-state index in [1.54, 1.807) is 48.4 Å². The van der Waals surface area contributed by atoms with Crippen LogP contribution in [0.15, 0.2) is 61.2 Å². The van der Waals surface area contributed by atoms with Crippen LogP contribution in [0.3, 0.4) is 0 Å². The Bertz CT molecular complexity index is 1220. The maximum atomic E-state index is 12.6. The quantitative estimate of drug-likeness (QED) is 0.299. The van der Waals surface area contributed by atoms with Crippen LogP contribution < -0.4 is 4.74 Å². The number of nitro benzene ring substituents is 1. The third kappa shape index (κ3) is 3.16. The fourth-order valence-corrected chi connectivity index (χ4v) is 2.73. The molecule has 0 N–H and O–H groups in total. The molecule has 0 spiro atoms. The van der Waals surface area contributed by atoms with Gasteiger partial charge in [-0.05, 0) is 24.3 Å². The summed E-state index contributed by atoms with van der Waals surface area (Å²) in [5.41, 5.74) is 1.11. The number of aromatic nitrogens is 4. The number of ether oxygens (including phenoxy) is 1. The van der Waals surface area contributed by atoms with Crippen molar-refractivity contribution in [2.75, 3.05) is 0 Å². The topological polar surface area (TPSA) is 113 Å². The number of aryl methyl sites for hydroxylation is 1. The summed E-state index contributed by atoms with van der Waals surface area (Å²) in [6.45, 7) is 0. The number of nitro groups is 1. The molecule has 2 aromatic heterocycles. The largest absolute Gasteiger partial charge is 0.450 e. The highest BCUT2D eigenvalue weighted by Gasteiger charge is 2.22. The zero-order valence-electron chi connectivity index (χ0n) is 14.6. The Kier molecular flexibility index (Phi) is 4.24. The molecule has 0 radical (unpaired) electrons. The lowest BCUT2D eigenvalue weighted by Crippen LogP contribution is -2.09. The molecule has 9 nitrogen and oxygen atoms in total. The molecule has 0 unspecified atom stereocenters. The molecule has 0 fully saturated rings. The summed E-state index contributed by atoms with van der Waals surface area (Å²) in [5, 5.41) is 11.5. The van der Waals surface area contributed by atoms with Crippen molar-refractivity contribution < 1.29 is 14.5 Å². The molecule has 0 aliphatic heterocycles. The second-order valence-electron chi connectivity index (χ2n) is 5.94. The zero-order valence-corrected chi connectivity index (χ0v) is 14.6. The number of ketones is 1. The summed E-state index contributed by atoms with van der Waals surface area (Å²) in [4.78, 5) is 35.8. The average Bonchev–Trinajstić information content (AvgIpc) is 3.13. The molecule has 0 aliphatic rings. The van der Waals surface area contributed by atoms with E-state index < -0.39 is 10.7 Å². The van der Waals surface area contributed by atoms with Crippen molar-refractivity contribution in [1.82, 2.24) is 19.5 Å². The van der Waals surface area contributed by atoms with Gasteiger partial charge in [-0.25, -0.2) is 4.98 Å². The van der Waals surface area contributed by atoms with Crippen LogP contribution in [0.2, 0.25) is 0 Å². The van der Waals surface area contributed by atoms with Crippen LogP contribution in [0.4, 0.5) is 5.69 Å². The number of carbonyl (C=O) groups is 1. The number of hydrogen-bond donors (Lipinski definition) is 0. The molecule has 2 heterocycles. The fraction of sp³-hybridized carbons (Fsp3) is 0.0526. The summed E-state index contributed by atoms with van der Waals surface area (Å²) in [6.07, 6.45) is 6.24. The maximum absolute atomic E-state index is 12.6. The normalized spacial score (nSPS) is 10.8. The number of imidazole rings is 1. The molecule has 0 atom stereocenters. The van der Waals surface area contributed by atoms with Gasteiger partial charge in [-0.1, -0.05) is 0 Å². The maximum Gasteiger partial charge on any atom is 0.312 e. The third-order valence-electron chi connectivity index (χ3n) is 4.11. The van der Waals surface area contributed by atoms with E-state index in [0.29, 0.717) is 16.8 Å². The van der Waals surface area contributed by atoms with Gasteiger partial charge < -0.3 is 9.30 Å². The molecule has 2 aromatic carbocycles. The molecule has 0 saturated heterocycles. The minimum atomic E-state index is -0.592. The van der Waals surface area contributed by atoms with E-state index in [2.05, 4.69) is 15.0 Å². The second kappa shape index (κ2) is 6.88. The van der Waals surface area contributed by atoms with Crippen molar-refractivity contribution in [2.24, 2.45) is 7.05 Å². The van der Waals surface area contributed by atoms with Gasteiger partial charge in [-0.2, -0.15) is 0 Å². The van der Waals surface area contributed by atoms with Crippen LogP contribution in [0, 0.1) is 10.1 Å². The van der Waals surface area contributed by atoms with Gasteiger partial charge in [0.15, 0.2) is 5.82 Å². The van der Waals surface area contributed by atoms with Crippen LogP contribution in [0.25, 0.3) is 11.0 Å². The Hall–Kier alpha value is -4.14. The SMILES string of the molecule is Cn1ccnc1C(=O)c1ccc(Oc2ccc3nccnc3c2)c([N+](=O)[O-])c1. The van der Waals surface area contributed by atoms with E-state index in [4.69, 9.17) is 4.74 Å². The molecular formula is C19H13N5O4. The van der Waals surface area contributed by atoms with Crippen LogP contribution in [0.5, 0.6) is 11.5 Å². The molecule has 0 aliphatic carbocycles. The van der Waals surface area contributed by atoms with Crippen molar-refractivity contribution in [2.45, 2.75) is 0 Å². The van der Waals surface area contributed by atoms with Gasteiger partial charge in [0.2, 0.25) is 11.5 Å². The van der Waals surface area contributed by atoms with Crippen LogP contribution >= 0.6 is 0 Å². The first-order chi connectivity index (χ1) is 13.5. The number of hydrogen-bond acceptors (Lipinski definition) is 7. The first-order valence-electron chi connectivity index (χ1n) is 8.22. The summed E-state index contributed by atoms with van der Waals surface area (Å²) in [5.74, 6) is 0.170. The molecule has 4 aromatic rings. The van der Waals surface area contributed by atoms with Crippen molar-refractivity contribution in [3.63, 3.8) is 0 Å². The Morgan fingerprint density at radius 1 is 1.04 bits per heavy atom. The molecule has 28 heavy (non-hydrogen) atoms. The smallest absolute Gasteiger partial charge is 0.312 e. The van der Waals surface area contributed by atoms with E-state index in [0.717, 1.165) is 0 Å². The standard InChI is InChI=1S/C19H13N5O4/c1-23-9-8-22-19(23)18(25)12-2-5-17(16(10-12)24(26)27)28-13-3-4-14-15(11-13)21-7-6-20-14/h2-11H,1H3. The fourth-order valence-electron chi connectivity index (χ4n) is 2.73. The summed E-state index contributed by atoms with van der Waals surface area (Å²) >= 11 is 0. The molecular weight excluding hydrogens is 362 g/mol. The van der Waals surface area contributed by atoms with Gasteiger partial charge in [0.25, 0.3) is 0 Å². The van der Waals surface area contributed by atoms with E-state index in [-0.39, 0.29) is 22.8 Å². The molecule has 138 valence electrons. The van der Waals surface area contributed by atoms with Gasteiger partial charge in [-0.3, -0.25) is 24.9 Å². The van der Waals surface area contributed by atoms with E-state index in [1.165, 1.54) is 24.4 Å². The van der Waals surface area contributed by atoms with Crippen LogP contribution in [-0.2, 0) is 7.05 Å². The Balaban J connectivity index is 1.69. The predicted molar refractivity (Wildman–Crippen MR) is 99.3 cm³/mol. The monoisotopic (exact) mass is 375 g/mol. The average molecular weight is 375 g/mol. The van der Waals surface area contributed by atoms with Crippen LogP contribution in [0.1, 0.15) is 16.2 Å². The molecule has 9 heteroatoms. The van der Waals surface area contributed by atoms with Gasteiger partial charge in [0, 0.05) is 49.5 Å². The summed E-state index contributed by atoms with van der Waals surface area (Å²) < 4.78 is 7.24. The minimum Gasteiger partial charge on any atom is -0.450 e. The van der Waals surface area contributed by atoms with Crippen molar-refractivity contribution in [1.29, 1.82) is 0 Å². The first kappa shape index (κ1) is 17.3. The zero-order chi connectivity index (χ0) is 19.7. The minimum absolute atomic E-state index is 0.0182. The van der Waals surface area contributed by atoms with Crippen LogP contribution in [-0.4, -0.2) is 30.2 Å². The van der Waals surface area contributed by atoms with Crippen molar-refractivity contribution in [3.05, 3.63) is 82.7 Å². The molecule has 0 bridgehead atoms. The third-order valence-corrected chi connectivity index (χ3v) is 4.11. The Morgan fingerprint density at radius 3 is 2.54 bits per heavy atom. The predicted octanol–water partition coefficient (Wildman–Crippen LogP) is 3.29. The van der Waals surface area contributed by atoms with E-state index in [1.807, 2.05) is 0 Å². The Labute approximate surface area is 158 Å². The highest BCUT2D eigenvalue weighted by Crippen LogP contribution is 2.33. The molecule has 0 amide bonds. The summed E-state index contributed by atoms with van der Waals surface area (Å²) in [6, 6.07) is 9.05. The van der Waals surface area contributed by atoms with E-state index in [9.17, 15) is 14.9 Å². The first-order valence-corrected chi connectivity index (χ1v) is 8.22. The highest BCUT2D eigenvalue weighted by atomic mass is 16.6. The Morgan fingerprint density at radius 2 is 1.82 bits per heavy atom. The number of carbonyl (C=O) groups excluding carboxylic acids is 1. The van der Waals surface area contributed by atoms with Gasteiger partial charge >= 0.3 is 5.69 Å². The van der Waals surface area contributed by atoms with Gasteiger partial charge in [0.1, 0.15) is 5.75 Å². The van der Waals surface area contributed by atoms with Gasteiger partial charge in [0.05, 0.1) is 16.0 Å². The lowest BCUT2D eigenvalue weighted by molar-refractivity contribution is -0.385. The van der Waals surface area contributed by atoms with E-state index >= 15 is 0 Å². The second-order valence-corrected chi connectivity index (χ2v) is 5.94. The number of fused-ring (bicyclic) bond motifs is 1. The highest BCUT2D eigenvalue weighted by molar-refractivity contribution is 6.07. The lowest BCUT2D eigenvalue weighted by atomic mass is 10.1. The van der Waals surface area contributed by atoms with Gasteiger partial charge in [-0.15, -0.1) is 0 Å². The number of benzene rings is 2. The lowest BCUT2D eigenvalue weighted by Gasteiger charge is -2.08. The number of rotatable bonds is 5.